The van der Waals surface area contributed by atoms with Gasteiger partial charge in [-0.3, -0.25) is 14.6 Å². The first kappa shape index (κ1) is 19.4. The van der Waals surface area contributed by atoms with E-state index in [1.807, 2.05) is 18.2 Å². The number of aromatic nitrogens is 1. The minimum atomic E-state index is -0.762. The number of carboxylic acids is 1. The van der Waals surface area contributed by atoms with Gasteiger partial charge in [0, 0.05) is 30.3 Å². The largest absolute Gasteiger partial charge is 0.496 e. The quantitative estimate of drug-likeness (QED) is 0.636. The number of pyridine rings is 1. The van der Waals surface area contributed by atoms with Gasteiger partial charge in [-0.15, -0.1) is 0 Å². The van der Waals surface area contributed by atoms with E-state index in [1.165, 1.54) is 0 Å². The molecular formula is C20H24N2O4. The number of rotatable bonds is 10. The Balaban J connectivity index is 1.90. The zero-order chi connectivity index (χ0) is 18.8. The van der Waals surface area contributed by atoms with E-state index in [-0.39, 0.29) is 12.3 Å². The molecule has 6 heteroatoms. The Morgan fingerprint density at radius 1 is 1.12 bits per heavy atom. The first-order chi connectivity index (χ1) is 12.6. The van der Waals surface area contributed by atoms with Crippen LogP contribution in [-0.4, -0.2) is 35.6 Å². The standard InChI is InChI=1S/C20H24N2O4/c1-26-18-11-10-15(14-16(18)17-8-5-7-12-21-17)20(25)22-13-6-3-2-4-9-19(23)24/h5,7-8,10-12,14H,2-4,6,9,13H2,1H3,(H,22,25)(H,23,24). The number of carbonyl (C=O) groups is 2. The molecule has 1 aromatic heterocycles. The van der Waals surface area contributed by atoms with Crippen molar-refractivity contribution in [3.05, 3.63) is 48.2 Å². The second-order valence-corrected chi connectivity index (χ2v) is 5.94. The molecule has 1 aromatic carbocycles. The third kappa shape index (κ3) is 5.88. The van der Waals surface area contributed by atoms with Crippen molar-refractivity contribution >= 4 is 11.9 Å². The van der Waals surface area contributed by atoms with Gasteiger partial charge in [-0.05, 0) is 43.2 Å². The number of nitrogens with one attached hydrogen (secondary N) is 1. The topological polar surface area (TPSA) is 88.5 Å². The van der Waals surface area contributed by atoms with Crippen LogP contribution in [0.25, 0.3) is 11.3 Å². The van der Waals surface area contributed by atoms with Crippen LogP contribution in [0, 0.1) is 0 Å². The molecule has 0 saturated heterocycles. The first-order valence-electron chi connectivity index (χ1n) is 8.71. The molecule has 0 spiro atoms. The van der Waals surface area contributed by atoms with Gasteiger partial charge in [-0.25, -0.2) is 0 Å². The van der Waals surface area contributed by atoms with Crippen LogP contribution in [0.3, 0.4) is 0 Å². The van der Waals surface area contributed by atoms with Crippen LogP contribution in [0.4, 0.5) is 0 Å². The van der Waals surface area contributed by atoms with Crippen molar-refractivity contribution in [3.63, 3.8) is 0 Å². The number of carbonyl (C=O) groups excluding carboxylic acids is 1. The van der Waals surface area contributed by atoms with E-state index < -0.39 is 5.97 Å². The van der Waals surface area contributed by atoms with E-state index in [4.69, 9.17) is 9.84 Å². The molecule has 1 amide bonds. The lowest BCUT2D eigenvalue weighted by atomic mass is 10.1. The number of benzene rings is 1. The zero-order valence-electron chi connectivity index (χ0n) is 14.9. The Morgan fingerprint density at radius 2 is 1.92 bits per heavy atom. The molecule has 0 saturated carbocycles. The summed E-state index contributed by atoms with van der Waals surface area (Å²) in [7, 11) is 1.59. The third-order valence-corrected chi connectivity index (χ3v) is 4.01. The van der Waals surface area contributed by atoms with Crippen molar-refractivity contribution in [3.8, 4) is 17.0 Å². The van der Waals surface area contributed by atoms with E-state index in [0.717, 1.165) is 30.5 Å². The van der Waals surface area contributed by atoms with Gasteiger partial charge in [0.2, 0.25) is 0 Å². The maximum atomic E-state index is 12.4. The molecular weight excluding hydrogens is 332 g/mol. The number of nitrogens with zero attached hydrogens (tertiary/aromatic N) is 1. The summed E-state index contributed by atoms with van der Waals surface area (Å²) in [6.45, 7) is 0.566. The number of aliphatic carboxylic acids is 1. The molecule has 0 bridgehead atoms. The molecule has 138 valence electrons. The molecule has 0 aliphatic rings. The van der Waals surface area contributed by atoms with Gasteiger partial charge in [-0.2, -0.15) is 0 Å². The average Bonchev–Trinajstić information content (AvgIpc) is 2.67. The Kier molecular flexibility index (Phi) is 7.61. The van der Waals surface area contributed by atoms with Crippen molar-refractivity contribution in [2.45, 2.75) is 32.1 Å². The summed E-state index contributed by atoms with van der Waals surface area (Å²) in [5.41, 5.74) is 2.07. The molecule has 0 aliphatic carbocycles. The minimum Gasteiger partial charge on any atom is -0.496 e. The summed E-state index contributed by atoms with van der Waals surface area (Å²) >= 11 is 0. The molecule has 6 nitrogen and oxygen atoms in total. The fraction of sp³-hybridized carbons (Fsp3) is 0.350. The second-order valence-electron chi connectivity index (χ2n) is 5.94. The maximum Gasteiger partial charge on any atom is 0.303 e. The van der Waals surface area contributed by atoms with Crippen LogP contribution in [0.5, 0.6) is 5.75 Å². The average molecular weight is 356 g/mol. The zero-order valence-corrected chi connectivity index (χ0v) is 14.9. The Morgan fingerprint density at radius 3 is 2.62 bits per heavy atom. The normalized spacial score (nSPS) is 10.3. The fourth-order valence-electron chi connectivity index (χ4n) is 2.63. The summed E-state index contributed by atoms with van der Waals surface area (Å²) in [6.07, 6.45) is 5.16. The summed E-state index contributed by atoms with van der Waals surface area (Å²) in [4.78, 5) is 27.1. The highest BCUT2D eigenvalue weighted by molar-refractivity contribution is 5.96. The summed E-state index contributed by atoms with van der Waals surface area (Å²) in [5, 5.41) is 11.5. The molecule has 0 radical (unpaired) electrons. The minimum absolute atomic E-state index is 0.143. The van der Waals surface area contributed by atoms with Gasteiger partial charge >= 0.3 is 5.97 Å². The van der Waals surface area contributed by atoms with Gasteiger partial charge in [0.25, 0.3) is 5.91 Å². The van der Waals surface area contributed by atoms with Crippen molar-refractivity contribution in [2.24, 2.45) is 0 Å². The highest BCUT2D eigenvalue weighted by Gasteiger charge is 2.12. The number of unbranched alkanes of at least 4 members (excludes halogenated alkanes) is 3. The van der Waals surface area contributed by atoms with Crippen molar-refractivity contribution in [1.82, 2.24) is 10.3 Å². The summed E-state index contributed by atoms with van der Waals surface area (Å²) in [5.74, 6) is -0.240. The highest BCUT2D eigenvalue weighted by atomic mass is 16.5. The number of hydrogen-bond donors (Lipinski definition) is 2. The molecule has 1 heterocycles. The summed E-state index contributed by atoms with van der Waals surface area (Å²) in [6, 6.07) is 10.9. The smallest absolute Gasteiger partial charge is 0.303 e. The van der Waals surface area contributed by atoms with E-state index in [1.54, 1.807) is 31.5 Å². The maximum absolute atomic E-state index is 12.4. The molecule has 2 rings (SSSR count). The number of ether oxygens (including phenoxy) is 1. The van der Waals surface area contributed by atoms with Crippen LogP contribution in [-0.2, 0) is 4.79 Å². The van der Waals surface area contributed by atoms with Gasteiger partial charge in [0.15, 0.2) is 0 Å². The molecule has 0 fully saturated rings. The van der Waals surface area contributed by atoms with Gasteiger partial charge < -0.3 is 15.2 Å². The molecule has 0 aliphatic heterocycles. The van der Waals surface area contributed by atoms with Crippen LogP contribution in [0.2, 0.25) is 0 Å². The lowest BCUT2D eigenvalue weighted by Gasteiger charge is -2.11. The molecule has 0 unspecified atom stereocenters. The SMILES string of the molecule is COc1ccc(C(=O)NCCCCCCC(=O)O)cc1-c1ccccn1. The van der Waals surface area contributed by atoms with E-state index >= 15 is 0 Å². The number of hydrogen-bond acceptors (Lipinski definition) is 4. The molecule has 0 atom stereocenters. The first-order valence-corrected chi connectivity index (χ1v) is 8.71. The van der Waals surface area contributed by atoms with E-state index in [9.17, 15) is 9.59 Å². The number of amides is 1. The van der Waals surface area contributed by atoms with Crippen LogP contribution in [0.1, 0.15) is 42.5 Å². The van der Waals surface area contributed by atoms with E-state index in [0.29, 0.717) is 24.3 Å². The summed E-state index contributed by atoms with van der Waals surface area (Å²) < 4.78 is 5.37. The Bertz CT molecular complexity index is 732. The predicted octanol–water partition coefficient (Wildman–Crippen LogP) is 3.52. The van der Waals surface area contributed by atoms with Gasteiger partial charge in [0.1, 0.15) is 5.75 Å². The fourth-order valence-corrected chi connectivity index (χ4v) is 2.63. The molecule has 2 N–H and O–H groups in total. The van der Waals surface area contributed by atoms with Gasteiger partial charge in [0.05, 0.1) is 12.8 Å². The van der Waals surface area contributed by atoms with Crippen molar-refractivity contribution in [1.29, 1.82) is 0 Å². The third-order valence-electron chi connectivity index (χ3n) is 4.01. The van der Waals surface area contributed by atoms with Crippen LogP contribution < -0.4 is 10.1 Å². The highest BCUT2D eigenvalue weighted by Crippen LogP contribution is 2.29. The van der Waals surface area contributed by atoms with Crippen LogP contribution >= 0.6 is 0 Å². The van der Waals surface area contributed by atoms with E-state index in [2.05, 4.69) is 10.3 Å². The molecule has 26 heavy (non-hydrogen) atoms. The predicted molar refractivity (Wildman–Crippen MR) is 99.3 cm³/mol. The van der Waals surface area contributed by atoms with Crippen molar-refractivity contribution in [2.75, 3.05) is 13.7 Å². The Labute approximate surface area is 153 Å². The lowest BCUT2D eigenvalue weighted by Crippen LogP contribution is -2.24. The Hall–Kier alpha value is -2.89. The lowest BCUT2D eigenvalue weighted by molar-refractivity contribution is -0.137. The van der Waals surface area contributed by atoms with Crippen LogP contribution in [0.15, 0.2) is 42.6 Å². The van der Waals surface area contributed by atoms with Crippen molar-refractivity contribution < 1.29 is 19.4 Å². The molecule has 2 aromatic rings. The monoisotopic (exact) mass is 356 g/mol. The van der Waals surface area contributed by atoms with Gasteiger partial charge in [-0.1, -0.05) is 18.9 Å². The number of methoxy groups -OCH3 is 1. The second kappa shape index (κ2) is 10.2. The number of carboxylic acid groups (broad SMARTS) is 1.